The van der Waals surface area contributed by atoms with Crippen LogP contribution < -0.4 is 10.5 Å². The summed E-state index contributed by atoms with van der Waals surface area (Å²) in [6.45, 7) is 1.65. The van der Waals surface area contributed by atoms with Gasteiger partial charge in [0.25, 0.3) is 5.91 Å². The number of piperidine rings is 1. The summed E-state index contributed by atoms with van der Waals surface area (Å²) in [6.07, 6.45) is 5.31. The van der Waals surface area contributed by atoms with Crippen LogP contribution >= 0.6 is 0 Å². The summed E-state index contributed by atoms with van der Waals surface area (Å²) in [5.41, 5.74) is 8.64. The van der Waals surface area contributed by atoms with Crippen molar-refractivity contribution in [2.75, 3.05) is 19.7 Å². The molecule has 4 heteroatoms. The molecule has 1 aromatic carbocycles. The highest BCUT2D eigenvalue weighted by atomic mass is 16.5. The van der Waals surface area contributed by atoms with E-state index in [0.29, 0.717) is 0 Å². The Balaban J connectivity index is 1.53. The molecule has 1 saturated heterocycles. The van der Waals surface area contributed by atoms with Crippen molar-refractivity contribution in [3.05, 3.63) is 29.3 Å². The molecule has 0 bridgehead atoms. The van der Waals surface area contributed by atoms with Gasteiger partial charge in [0.05, 0.1) is 0 Å². The molecule has 1 fully saturated rings. The minimum atomic E-state index is 0.0670. The van der Waals surface area contributed by atoms with E-state index in [1.54, 1.807) is 0 Å². The van der Waals surface area contributed by atoms with Gasteiger partial charge in [0.1, 0.15) is 5.75 Å². The Morgan fingerprint density at radius 1 is 1.25 bits per heavy atom. The summed E-state index contributed by atoms with van der Waals surface area (Å²) < 4.78 is 5.65. The lowest BCUT2D eigenvalue weighted by molar-refractivity contribution is -0.134. The predicted molar refractivity (Wildman–Crippen MR) is 77.8 cm³/mol. The topological polar surface area (TPSA) is 55.6 Å². The molecule has 1 amide bonds. The molecule has 1 aromatic rings. The van der Waals surface area contributed by atoms with Crippen molar-refractivity contribution in [3.63, 3.8) is 0 Å². The van der Waals surface area contributed by atoms with Crippen LogP contribution in [-0.4, -0.2) is 36.5 Å². The predicted octanol–water partition coefficient (Wildman–Crippen LogP) is 1.50. The Morgan fingerprint density at radius 2 is 2.00 bits per heavy atom. The second-order valence-electron chi connectivity index (χ2n) is 5.79. The van der Waals surface area contributed by atoms with Crippen molar-refractivity contribution in [1.29, 1.82) is 0 Å². The van der Waals surface area contributed by atoms with Gasteiger partial charge >= 0.3 is 0 Å². The van der Waals surface area contributed by atoms with E-state index >= 15 is 0 Å². The minimum Gasteiger partial charge on any atom is -0.484 e. The van der Waals surface area contributed by atoms with E-state index in [1.165, 1.54) is 24.0 Å². The van der Waals surface area contributed by atoms with Gasteiger partial charge in [-0.05, 0) is 55.4 Å². The quantitative estimate of drug-likeness (QED) is 0.909. The third-order valence-electron chi connectivity index (χ3n) is 4.32. The maximum atomic E-state index is 12.1. The van der Waals surface area contributed by atoms with Crippen LogP contribution in [0.3, 0.4) is 0 Å². The Labute approximate surface area is 119 Å². The summed E-state index contributed by atoms with van der Waals surface area (Å²) in [5, 5.41) is 0. The molecular weight excluding hydrogens is 252 g/mol. The van der Waals surface area contributed by atoms with Crippen LogP contribution in [-0.2, 0) is 17.6 Å². The number of carbonyl (C=O) groups excluding carboxylic acids is 1. The number of rotatable bonds is 3. The van der Waals surface area contributed by atoms with Crippen molar-refractivity contribution in [2.24, 2.45) is 5.73 Å². The molecular formula is C16H22N2O2. The van der Waals surface area contributed by atoms with E-state index in [4.69, 9.17) is 10.5 Å². The molecule has 20 heavy (non-hydrogen) atoms. The minimum absolute atomic E-state index is 0.0670. The van der Waals surface area contributed by atoms with Crippen molar-refractivity contribution >= 4 is 5.91 Å². The van der Waals surface area contributed by atoms with E-state index in [9.17, 15) is 4.79 Å². The molecule has 0 unspecified atom stereocenters. The average Bonchev–Trinajstić information content (AvgIpc) is 2.93. The fourth-order valence-electron chi connectivity index (χ4n) is 3.02. The van der Waals surface area contributed by atoms with Gasteiger partial charge < -0.3 is 15.4 Å². The lowest BCUT2D eigenvalue weighted by Gasteiger charge is -2.30. The van der Waals surface area contributed by atoms with Crippen LogP contribution in [0.15, 0.2) is 18.2 Å². The lowest BCUT2D eigenvalue weighted by atomic mass is 10.1. The normalized spacial score (nSPS) is 18.9. The van der Waals surface area contributed by atoms with Gasteiger partial charge in [-0.1, -0.05) is 6.07 Å². The van der Waals surface area contributed by atoms with Gasteiger partial charge in [-0.25, -0.2) is 0 Å². The van der Waals surface area contributed by atoms with Crippen molar-refractivity contribution in [2.45, 2.75) is 38.1 Å². The molecule has 108 valence electrons. The zero-order valence-electron chi connectivity index (χ0n) is 11.8. The van der Waals surface area contributed by atoms with E-state index < -0.39 is 0 Å². The highest BCUT2D eigenvalue weighted by Gasteiger charge is 2.21. The summed E-state index contributed by atoms with van der Waals surface area (Å²) in [7, 11) is 0. The Bertz CT molecular complexity index is 493. The van der Waals surface area contributed by atoms with E-state index in [0.717, 1.165) is 38.1 Å². The number of amides is 1. The van der Waals surface area contributed by atoms with Crippen LogP contribution in [0.25, 0.3) is 0 Å². The van der Waals surface area contributed by atoms with Gasteiger partial charge in [-0.2, -0.15) is 0 Å². The Hall–Kier alpha value is -1.55. The molecule has 1 aliphatic carbocycles. The third-order valence-corrected chi connectivity index (χ3v) is 4.32. The number of aryl methyl sites for hydroxylation is 2. The number of nitrogens with zero attached hydrogens (tertiary/aromatic N) is 1. The smallest absolute Gasteiger partial charge is 0.260 e. The van der Waals surface area contributed by atoms with Crippen LogP contribution in [0, 0.1) is 0 Å². The molecule has 0 aromatic heterocycles. The fraction of sp³-hybridized carbons (Fsp3) is 0.562. The monoisotopic (exact) mass is 274 g/mol. The number of likely N-dealkylation sites (tertiary alicyclic amines) is 1. The molecule has 3 rings (SSSR count). The zero-order chi connectivity index (χ0) is 13.9. The second-order valence-corrected chi connectivity index (χ2v) is 5.79. The molecule has 0 radical (unpaired) electrons. The van der Waals surface area contributed by atoms with Gasteiger partial charge in [0, 0.05) is 19.1 Å². The molecule has 1 heterocycles. The van der Waals surface area contributed by atoms with E-state index in [-0.39, 0.29) is 18.6 Å². The first-order valence-corrected chi connectivity index (χ1v) is 7.50. The first-order valence-electron chi connectivity index (χ1n) is 7.50. The number of nitrogens with two attached hydrogens (primary N) is 1. The number of carbonyl (C=O) groups is 1. The number of fused-ring (bicyclic) bond motifs is 1. The summed E-state index contributed by atoms with van der Waals surface area (Å²) in [6, 6.07) is 6.43. The van der Waals surface area contributed by atoms with Crippen LogP contribution in [0.1, 0.15) is 30.4 Å². The molecule has 0 spiro atoms. The van der Waals surface area contributed by atoms with Crippen molar-refractivity contribution < 1.29 is 9.53 Å². The van der Waals surface area contributed by atoms with Gasteiger partial charge in [0.15, 0.2) is 6.61 Å². The van der Waals surface area contributed by atoms with Gasteiger partial charge in [0.2, 0.25) is 0 Å². The standard InChI is InChI=1S/C16H22N2O2/c17-14-6-8-18(9-7-14)16(19)11-20-15-5-4-12-2-1-3-13(12)10-15/h4-5,10,14H,1-3,6-9,11,17H2. The van der Waals surface area contributed by atoms with Crippen LogP contribution in [0.2, 0.25) is 0 Å². The molecule has 4 nitrogen and oxygen atoms in total. The highest BCUT2D eigenvalue weighted by Crippen LogP contribution is 2.26. The van der Waals surface area contributed by atoms with Gasteiger partial charge in [-0.3, -0.25) is 4.79 Å². The number of benzene rings is 1. The van der Waals surface area contributed by atoms with Crippen LogP contribution in [0.4, 0.5) is 0 Å². The fourth-order valence-corrected chi connectivity index (χ4v) is 3.02. The maximum Gasteiger partial charge on any atom is 0.260 e. The SMILES string of the molecule is NC1CCN(C(=O)COc2ccc3c(c2)CCC3)CC1. The maximum absolute atomic E-state index is 12.1. The largest absolute Gasteiger partial charge is 0.484 e. The molecule has 2 N–H and O–H groups in total. The first-order chi connectivity index (χ1) is 9.72. The summed E-state index contributed by atoms with van der Waals surface area (Å²) >= 11 is 0. The molecule has 0 atom stereocenters. The van der Waals surface area contributed by atoms with Crippen molar-refractivity contribution in [1.82, 2.24) is 4.90 Å². The van der Waals surface area contributed by atoms with Gasteiger partial charge in [-0.15, -0.1) is 0 Å². The number of ether oxygens (including phenoxy) is 1. The number of hydrogen-bond donors (Lipinski definition) is 1. The average molecular weight is 274 g/mol. The Morgan fingerprint density at radius 3 is 2.80 bits per heavy atom. The first kappa shape index (κ1) is 13.4. The second kappa shape index (κ2) is 5.83. The Kier molecular flexibility index (Phi) is 3.92. The van der Waals surface area contributed by atoms with E-state index in [1.807, 2.05) is 11.0 Å². The highest BCUT2D eigenvalue weighted by molar-refractivity contribution is 5.77. The number of hydrogen-bond acceptors (Lipinski definition) is 3. The van der Waals surface area contributed by atoms with Crippen molar-refractivity contribution in [3.8, 4) is 5.75 Å². The zero-order valence-corrected chi connectivity index (χ0v) is 11.8. The van der Waals surface area contributed by atoms with Crippen LogP contribution in [0.5, 0.6) is 5.75 Å². The summed E-state index contributed by atoms with van der Waals surface area (Å²) in [4.78, 5) is 13.9. The molecule has 2 aliphatic rings. The summed E-state index contributed by atoms with van der Waals surface area (Å²) in [5.74, 6) is 0.880. The van der Waals surface area contributed by atoms with E-state index in [2.05, 4.69) is 12.1 Å². The molecule has 1 aliphatic heterocycles. The molecule has 0 saturated carbocycles. The third kappa shape index (κ3) is 2.96. The lowest BCUT2D eigenvalue weighted by Crippen LogP contribution is -2.44.